The Morgan fingerprint density at radius 2 is 1.77 bits per heavy atom. The van der Waals surface area contributed by atoms with Crippen molar-refractivity contribution in [2.75, 3.05) is 6.61 Å². The summed E-state index contributed by atoms with van der Waals surface area (Å²) in [6, 6.07) is 17.6. The van der Waals surface area contributed by atoms with E-state index in [2.05, 4.69) is 4.57 Å². The average Bonchev–Trinajstić information content (AvgIpc) is 2.87. The Hall–Kier alpha value is -3.08. The van der Waals surface area contributed by atoms with Gasteiger partial charge in [0.1, 0.15) is 17.7 Å². The second kappa shape index (κ2) is 5.73. The molecule has 0 aliphatic rings. The van der Waals surface area contributed by atoms with Crippen LogP contribution in [0.15, 0.2) is 48.0 Å². The first-order chi connectivity index (χ1) is 10.8. The number of aromatic nitrogens is 1. The number of para-hydroxylation sites is 1. The van der Waals surface area contributed by atoms with E-state index in [9.17, 15) is 5.11 Å². The van der Waals surface area contributed by atoms with Crippen molar-refractivity contribution < 1.29 is 5.11 Å². The molecule has 0 spiro atoms. The molecule has 4 heteroatoms. The molecule has 1 heterocycles. The Morgan fingerprint density at radius 3 is 2.50 bits per heavy atom. The molecule has 3 aromatic rings. The molecule has 0 aliphatic heterocycles. The zero-order valence-electron chi connectivity index (χ0n) is 11.8. The van der Waals surface area contributed by atoms with Crippen LogP contribution in [0.25, 0.3) is 27.9 Å². The highest BCUT2D eigenvalue weighted by molar-refractivity contribution is 6.08. The number of nitriles is 2. The Balaban J connectivity index is 2.30. The van der Waals surface area contributed by atoms with Crippen LogP contribution in [0.1, 0.15) is 5.56 Å². The molecule has 106 valence electrons. The van der Waals surface area contributed by atoms with E-state index in [1.807, 2.05) is 54.6 Å². The minimum atomic E-state index is 0.0719. The van der Waals surface area contributed by atoms with Crippen molar-refractivity contribution in [3.63, 3.8) is 0 Å². The number of aliphatic hydroxyl groups excluding tert-OH is 1. The second-order valence-corrected chi connectivity index (χ2v) is 4.95. The third-order valence-corrected chi connectivity index (χ3v) is 3.67. The SMILES string of the molecule is N#CC(C#N)=Cc1ccc2c(c1)c1ccccc1n2CCO. The number of hydrogen-bond acceptors (Lipinski definition) is 3. The van der Waals surface area contributed by atoms with Gasteiger partial charge in [-0.15, -0.1) is 0 Å². The smallest absolute Gasteiger partial charge is 0.130 e. The molecule has 0 radical (unpaired) electrons. The summed E-state index contributed by atoms with van der Waals surface area (Å²) < 4.78 is 2.08. The molecule has 0 saturated carbocycles. The maximum absolute atomic E-state index is 9.29. The van der Waals surface area contributed by atoms with Gasteiger partial charge in [0.2, 0.25) is 0 Å². The van der Waals surface area contributed by atoms with Crippen molar-refractivity contribution in [1.82, 2.24) is 4.57 Å². The van der Waals surface area contributed by atoms with Gasteiger partial charge in [-0.3, -0.25) is 0 Å². The molecule has 0 amide bonds. The molecule has 0 atom stereocenters. The monoisotopic (exact) mass is 287 g/mol. The molecule has 22 heavy (non-hydrogen) atoms. The van der Waals surface area contributed by atoms with E-state index in [1.54, 1.807) is 6.08 Å². The van der Waals surface area contributed by atoms with E-state index >= 15 is 0 Å². The Bertz CT molecular complexity index is 952. The molecule has 1 aromatic heterocycles. The highest BCUT2D eigenvalue weighted by Crippen LogP contribution is 2.30. The van der Waals surface area contributed by atoms with Gasteiger partial charge in [0.05, 0.1) is 6.61 Å². The van der Waals surface area contributed by atoms with Crippen LogP contribution in [0.4, 0.5) is 0 Å². The first-order valence-electron chi connectivity index (χ1n) is 6.92. The van der Waals surface area contributed by atoms with Crippen molar-refractivity contribution in [2.24, 2.45) is 0 Å². The fourth-order valence-corrected chi connectivity index (χ4v) is 2.76. The van der Waals surface area contributed by atoms with Gasteiger partial charge in [-0.2, -0.15) is 10.5 Å². The molecular formula is C18H13N3O. The average molecular weight is 287 g/mol. The highest BCUT2D eigenvalue weighted by atomic mass is 16.3. The summed E-state index contributed by atoms with van der Waals surface area (Å²) in [4.78, 5) is 0. The predicted octanol–water partition coefficient (Wildman–Crippen LogP) is 3.22. The molecule has 0 fully saturated rings. The first kappa shape index (κ1) is 13.9. The lowest BCUT2D eigenvalue weighted by Gasteiger charge is -2.04. The lowest BCUT2D eigenvalue weighted by Crippen LogP contribution is -2.01. The van der Waals surface area contributed by atoms with E-state index in [1.165, 1.54) is 0 Å². The van der Waals surface area contributed by atoms with Gasteiger partial charge in [-0.1, -0.05) is 24.3 Å². The zero-order valence-corrected chi connectivity index (χ0v) is 11.8. The van der Waals surface area contributed by atoms with Gasteiger partial charge in [-0.25, -0.2) is 0 Å². The number of benzene rings is 2. The Morgan fingerprint density at radius 1 is 1.05 bits per heavy atom. The molecule has 1 N–H and O–H groups in total. The lowest BCUT2D eigenvalue weighted by atomic mass is 10.1. The van der Waals surface area contributed by atoms with Crippen molar-refractivity contribution >= 4 is 27.9 Å². The normalized spacial score (nSPS) is 10.3. The van der Waals surface area contributed by atoms with E-state index in [4.69, 9.17) is 10.5 Å². The fourth-order valence-electron chi connectivity index (χ4n) is 2.76. The van der Waals surface area contributed by atoms with Crippen LogP contribution in [0.2, 0.25) is 0 Å². The third kappa shape index (κ3) is 2.22. The van der Waals surface area contributed by atoms with Crippen LogP contribution in [0.3, 0.4) is 0 Å². The molecule has 0 aliphatic carbocycles. The van der Waals surface area contributed by atoms with Crippen LogP contribution in [0.5, 0.6) is 0 Å². The summed E-state index contributed by atoms with van der Waals surface area (Å²) in [6.45, 7) is 0.600. The number of nitrogens with zero attached hydrogens (tertiary/aromatic N) is 3. The van der Waals surface area contributed by atoms with Gasteiger partial charge in [-0.05, 0) is 29.8 Å². The predicted molar refractivity (Wildman–Crippen MR) is 85.7 cm³/mol. The largest absolute Gasteiger partial charge is 0.395 e. The quantitative estimate of drug-likeness (QED) is 0.752. The van der Waals surface area contributed by atoms with Crippen LogP contribution in [-0.2, 0) is 6.54 Å². The van der Waals surface area contributed by atoms with E-state index in [0.717, 1.165) is 27.4 Å². The molecule has 3 rings (SSSR count). The minimum Gasteiger partial charge on any atom is -0.395 e. The zero-order chi connectivity index (χ0) is 15.5. The van der Waals surface area contributed by atoms with Crippen molar-refractivity contribution in [3.05, 3.63) is 53.6 Å². The van der Waals surface area contributed by atoms with Crippen LogP contribution >= 0.6 is 0 Å². The third-order valence-electron chi connectivity index (χ3n) is 3.67. The van der Waals surface area contributed by atoms with Crippen LogP contribution < -0.4 is 0 Å². The minimum absolute atomic E-state index is 0.0719. The van der Waals surface area contributed by atoms with Crippen LogP contribution in [-0.4, -0.2) is 16.3 Å². The molecule has 2 aromatic carbocycles. The number of allylic oxidation sites excluding steroid dienone is 1. The van der Waals surface area contributed by atoms with E-state index < -0.39 is 0 Å². The number of hydrogen-bond donors (Lipinski definition) is 1. The molecule has 0 bridgehead atoms. The standard InChI is InChI=1S/C18H13N3O/c19-11-14(12-20)9-13-5-6-18-16(10-13)15-3-1-2-4-17(15)21(18)7-8-22/h1-6,9-10,22H,7-8H2. The van der Waals surface area contributed by atoms with E-state index in [0.29, 0.717) is 6.54 Å². The maximum atomic E-state index is 9.29. The second-order valence-electron chi connectivity index (χ2n) is 4.95. The maximum Gasteiger partial charge on any atom is 0.130 e. The summed E-state index contributed by atoms with van der Waals surface area (Å²) in [6.07, 6.45) is 1.58. The van der Waals surface area contributed by atoms with Gasteiger partial charge >= 0.3 is 0 Å². The number of rotatable bonds is 3. The lowest BCUT2D eigenvalue weighted by molar-refractivity contribution is 0.280. The van der Waals surface area contributed by atoms with Crippen molar-refractivity contribution in [1.29, 1.82) is 10.5 Å². The van der Waals surface area contributed by atoms with Gasteiger partial charge < -0.3 is 9.67 Å². The highest BCUT2D eigenvalue weighted by Gasteiger charge is 2.10. The van der Waals surface area contributed by atoms with Crippen LogP contribution in [0, 0.1) is 22.7 Å². The summed E-state index contributed by atoms with van der Waals surface area (Å²) in [5.74, 6) is 0. The first-order valence-corrected chi connectivity index (χ1v) is 6.92. The molecule has 0 unspecified atom stereocenters. The number of aliphatic hydroxyl groups is 1. The topological polar surface area (TPSA) is 72.7 Å². The summed E-state index contributed by atoms with van der Waals surface area (Å²) in [5, 5.41) is 29.2. The van der Waals surface area contributed by atoms with Gasteiger partial charge in [0, 0.05) is 28.4 Å². The summed E-state index contributed by atoms with van der Waals surface area (Å²) in [7, 11) is 0. The number of fused-ring (bicyclic) bond motifs is 3. The van der Waals surface area contributed by atoms with Gasteiger partial charge in [0.25, 0.3) is 0 Å². The molecule has 0 saturated heterocycles. The van der Waals surface area contributed by atoms with E-state index in [-0.39, 0.29) is 12.2 Å². The Labute approximate surface area is 127 Å². The Kier molecular flexibility index (Phi) is 3.62. The van der Waals surface area contributed by atoms with Crippen molar-refractivity contribution in [3.8, 4) is 12.1 Å². The summed E-state index contributed by atoms with van der Waals surface area (Å²) in [5.41, 5.74) is 2.99. The fraction of sp³-hybridized carbons (Fsp3) is 0.111. The summed E-state index contributed by atoms with van der Waals surface area (Å²) >= 11 is 0. The van der Waals surface area contributed by atoms with Gasteiger partial charge in [0.15, 0.2) is 0 Å². The van der Waals surface area contributed by atoms with Crippen molar-refractivity contribution in [2.45, 2.75) is 6.54 Å². The molecule has 4 nitrogen and oxygen atoms in total. The molecular weight excluding hydrogens is 274 g/mol.